The molecule has 0 radical (unpaired) electrons. The summed E-state index contributed by atoms with van der Waals surface area (Å²) in [6.07, 6.45) is -8.93. The van der Waals surface area contributed by atoms with Crippen LogP contribution in [-0.4, -0.2) is 112 Å². The summed E-state index contributed by atoms with van der Waals surface area (Å²) in [5.41, 5.74) is 0. The first-order valence-electron chi connectivity index (χ1n) is 6.63. The Bertz CT molecular complexity index is 375. The largest absolute Gasteiger partial charge is 0.479 e. The fourth-order valence-electron chi connectivity index (χ4n) is 0.727. The van der Waals surface area contributed by atoms with Gasteiger partial charge in [-0.2, -0.15) is 0 Å². The van der Waals surface area contributed by atoms with Gasteiger partial charge in [-0.25, -0.2) is 19.2 Å². The lowest BCUT2D eigenvalue weighted by molar-refractivity contribution is -0.165. The minimum absolute atomic E-state index is 0.0810. The number of hydrogen-bond donors (Lipinski definition) is 10. The molecule has 0 saturated heterocycles. The molecular formula is C12H22O14. The van der Waals surface area contributed by atoms with Crippen LogP contribution in [0.4, 0.5) is 0 Å². The van der Waals surface area contributed by atoms with Gasteiger partial charge in [0.1, 0.15) is 0 Å². The third-order valence-electron chi connectivity index (χ3n) is 2.16. The first kappa shape index (κ1) is 28.4. The van der Waals surface area contributed by atoms with Gasteiger partial charge >= 0.3 is 23.9 Å². The predicted octanol–water partition coefficient (Wildman–Crippen LogP) is -4.50. The van der Waals surface area contributed by atoms with Crippen LogP contribution in [0, 0.1) is 0 Å². The highest BCUT2D eigenvalue weighted by molar-refractivity contribution is 5.83. The van der Waals surface area contributed by atoms with Gasteiger partial charge in [0, 0.05) is 6.61 Å². The van der Waals surface area contributed by atoms with E-state index in [0.717, 1.165) is 0 Å². The smallest absolute Gasteiger partial charge is 0.335 e. The van der Waals surface area contributed by atoms with Crippen molar-refractivity contribution in [1.29, 1.82) is 0 Å². The summed E-state index contributed by atoms with van der Waals surface area (Å²) in [4.78, 5) is 39.1. The van der Waals surface area contributed by atoms with Crippen molar-refractivity contribution in [2.75, 3.05) is 6.61 Å². The molecule has 0 rings (SSSR count). The maximum absolute atomic E-state index is 9.77. The highest BCUT2D eigenvalue weighted by Gasteiger charge is 2.30. The molecule has 154 valence electrons. The molecule has 0 bridgehead atoms. The molecule has 0 aliphatic carbocycles. The lowest BCUT2D eigenvalue weighted by Crippen LogP contribution is -2.39. The molecule has 0 spiro atoms. The molecule has 0 aromatic carbocycles. The van der Waals surface area contributed by atoms with Crippen molar-refractivity contribution in [3.63, 3.8) is 0 Å². The normalized spacial score (nSPS) is 15.5. The van der Waals surface area contributed by atoms with Crippen molar-refractivity contribution in [1.82, 2.24) is 0 Å². The molecule has 0 saturated carbocycles. The van der Waals surface area contributed by atoms with E-state index in [1.165, 1.54) is 0 Å². The lowest BCUT2D eigenvalue weighted by Gasteiger charge is -2.07. The fourth-order valence-corrected chi connectivity index (χ4v) is 0.727. The quantitative estimate of drug-likeness (QED) is 0.187. The van der Waals surface area contributed by atoms with E-state index in [1.807, 2.05) is 0 Å². The van der Waals surface area contributed by atoms with E-state index in [2.05, 4.69) is 0 Å². The van der Waals surface area contributed by atoms with Gasteiger partial charge in [-0.05, 0) is 13.3 Å². The molecule has 0 fully saturated rings. The monoisotopic (exact) mass is 390 g/mol. The van der Waals surface area contributed by atoms with Crippen LogP contribution < -0.4 is 0 Å². The average Bonchev–Trinajstić information content (AvgIpc) is 2.52. The Morgan fingerprint density at radius 1 is 0.615 bits per heavy atom. The van der Waals surface area contributed by atoms with Gasteiger partial charge in [-0.1, -0.05) is 0 Å². The summed E-state index contributed by atoms with van der Waals surface area (Å²) in [7, 11) is 0. The van der Waals surface area contributed by atoms with Crippen LogP contribution in [-0.2, 0) is 19.2 Å². The summed E-state index contributed by atoms with van der Waals surface area (Å²) in [5, 5.41) is 81.5. The molecule has 14 nitrogen and oxygen atoms in total. The number of hydrogen-bond acceptors (Lipinski definition) is 10. The van der Waals surface area contributed by atoms with Gasteiger partial charge in [0.25, 0.3) is 0 Å². The number of carbonyl (C=O) groups is 4. The number of aliphatic hydroxyl groups excluding tert-OH is 6. The van der Waals surface area contributed by atoms with E-state index in [4.69, 9.17) is 51.1 Å². The van der Waals surface area contributed by atoms with Crippen LogP contribution in [0.15, 0.2) is 0 Å². The number of aliphatic hydroxyl groups is 6. The SMILES string of the molecule is CC(O)CCO.O=C(O)C(O)C(O)C(=O)O.O=C(O)C(O)C(O)C(=O)O. The molecule has 0 aromatic rings. The molecule has 0 aromatic heterocycles. The second-order valence-corrected chi connectivity index (χ2v) is 4.49. The molecule has 0 aliphatic heterocycles. The third-order valence-corrected chi connectivity index (χ3v) is 2.16. The predicted molar refractivity (Wildman–Crippen MR) is 78.0 cm³/mol. The van der Waals surface area contributed by atoms with E-state index in [-0.39, 0.29) is 12.7 Å². The van der Waals surface area contributed by atoms with Crippen LogP contribution in [0.1, 0.15) is 13.3 Å². The first-order valence-corrected chi connectivity index (χ1v) is 6.63. The molecule has 26 heavy (non-hydrogen) atoms. The maximum atomic E-state index is 9.77. The summed E-state index contributed by atoms with van der Waals surface area (Å²) in [6.45, 7) is 1.73. The molecule has 0 heterocycles. The van der Waals surface area contributed by atoms with Crippen molar-refractivity contribution in [2.24, 2.45) is 0 Å². The highest BCUT2D eigenvalue weighted by Crippen LogP contribution is 1.93. The second kappa shape index (κ2) is 14.9. The molecule has 5 unspecified atom stereocenters. The van der Waals surface area contributed by atoms with Crippen molar-refractivity contribution >= 4 is 23.9 Å². The van der Waals surface area contributed by atoms with Crippen molar-refractivity contribution in [2.45, 2.75) is 43.9 Å². The first-order chi connectivity index (χ1) is 11.7. The Kier molecular flexibility index (Phi) is 16.3. The van der Waals surface area contributed by atoms with Crippen molar-refractivity contribution in [3.8, 4) is 0 Å². The van der Waals surface area contributed by atoms with E-state index >= 15 is 0 Å². The molecule has 0 aliphatic rings. The van der Waals surface area contributed by atoms with Crippen LogP contribution in [0.25, 0.3) is 0 Å². The Labute approximate surface area is 145 Å². The number of carboxylic acids is 4. The van der Waals surface area contributed by atoms with Crippen LogP contribution in [0.3, 0.4) is 0 Å². The van der Waals surface area contributed by atoms with Gasteiger partial charge in [-0.15, -0.1) is 0 Å². The zero-order valence-corrected chi connectivity index (χ0v) is 13.4. The second-order valence-electron chi connectivity index (χ2n) is 4.49. The van der Waals surface area contributed by atoms with Crippen LogP contribution in [0.2, 0.25) is 0 Å². The molecule has 14 heteroatoms. The maximum Gasteiger partial charge on any atom is 0.335 e. The number of rotatable bonds is 8. The molecule has 10 N–H and O–H groups in total. The van der Waals surface area contributed by atoms with Gasteiger partial charge in [0.2, 0.25) is 0 Å². The summed E-state index contributed by atoms with van der Waals surface area (Å²) in [5.74, 6) is -7.07. The highest BCUT2D eigenvalue weighted by atomic mass is 16.4. The standard InChI is InChI=1S/2C4H6O6.C4H10O2/c2*5-1(3(7)8)2(6)4(9)10;1-4(6)2-3-5/h2*1-2,5-6H,(H,7,8)(H,9,10);4-6H,2-3H2,1H3. The van der Waals surface area contributed by atoms with E-state index in [0.29, 0.717) is 6.42 Å². The third kappa shape index (κ3) is 15.2. The van der Waals surface area contributed by atoms with Gasteiger partial charge in [0.15, 0.2) is 24.4 Å². The molecule has 0 amide bonds. The minimum atomic E-state index is -2.27. The van der Waals surface area contributed by atoms with E-state index < -0.39 is 48.3 Å². The van der Waals surface area contributed by atoms with Crippen LogP contribution >= 0.6 is 0 Å². The van der Waals surface area contributed by atoms with Crippen molar-refractivity contribution in [3.05, 3.63) is 0 Å². The average molecular weight is 390 g/mol. The van der Waals surface area contributed by atoms with Gasteiger partial charge in [0.05, 0.1) is 6.10 Å². The summed E-state index contributed by atoms with van der Waals surface area (Å²) >= 11 is 0. The van der Waals surface area contributed by atoms with Crippen molar-refractivity contribution < 1.29 is 70.2 Å². The lowest BCUT2D eigenvalue weighted by atomic mass is 10.2. The zero-order chi connectivity index (χ0) is 21.6. The van der Waals surface area contributed by atoms with Crippen LogP contribution in [0.5, 0.6) is 0 Å². The summed E-state index contributed by atoms with van der Waals surface area (Å²) < 4.78 is 0. The minimum Gasteiger partial charge on any atom is -0.479 e. The topological polar surface area (TPSA) is 271 Å². The van der Waals surface area contributed by atoms with E-state index in [1.54, 1.807) is 6.92 Å². The Balaban J connectivity index is -0.000000316. The number of carboxylic acid groups (broad SMARTS) is 4. The Morgan fingerprint density at radius 3 is 0.846 bits per heavy atom. The number of aliphatic carboxylic acids is 4. The Hall–Kier alpha value is -2.36. The zero-order valence-electron chi connectivity index (χ0n) is 13.4. The Morgan fingerprint density at radius 2 is 0.808 bits per heavy atom. The molecular weight excluding hydrogens is 368 g/mol. The molecule has 5 atom stereocenters. The fraction of sp³-hybridized carbons (Fsp3) is 0.667. The van der Waals surface area contributed by atoms with E-state index in [9.17, 15) is 19.2 Å². The van der Waals surface area contributed by atoms with Gasteiger partial charge < -0.3 is 51.1 Å². The van der Waals surface area contributed by atoms with Gasteiger partial charge in [-0.3, -0.25) is 0 Å². The summed E-state index contributed by atoms with van der Waals surface area (Å²) in [6, 6.07) is 0.